The molecule has 30 heavy (non-hydrogen) atoms. The highest BCUT2D eigenvalue weighted by Crippen LogP contribution is 2.23. The maximum atomic E-state index is 12.8. The van der Waals surface area contributed by atoms with Crippen LogP contribution < -0.4 is 0 Å². The van der Waals surface area contributed by atoms with Crippen molar-refractivity contribution in [3.63, 3.8) is 0 Å². The number of aromatic nitrogens is 2. The molecule has 1 aliphatic rings. The summed E-state index contributed by atoms with van der Waals surface area (Å²) in [5, 5.41) is 0. The fraction of sp³-hybridized carbons (Fsp3) is 0.619. The first-order valence-electron chi connectivity index (χ1n) is 10.8. The normalized spacial score (nSPS) is 16.0. The first kappa shape index (κ1) is 22.7. The van der Waals surface area contributed by atoms with Crippen LogP contribution in [0, 0.1) is 0 Å². The van der Waals surface area contributed by atoms with Gasteiger partial charge in [0.1, 0.15) is 5.82 Å². The summed E-state index contributed by atoms with van der Waals surface area (Å²) in [7, 11) is -1.61. The number of hydrogen-bond acceptors (Lipinski definition) is 5. The molecule has 0 saturated carbocycles. The number of rotatable bonds is 8. The Bertz CT molecular complexity index is 989. The number of carbonyl (C=O) groups excluding carboxylic acids is 1. The summed E-state index contributed by atoms with van der Waals surface area (Å²) < 4.78 is 29.0. The summed E-state index contributed by atoms with van der Waals surface area (Å²) in [6.07, 6.45) is 0.948. The number of carbonyl (C=O) groups is 1. The second-order valence-electron chi connectivity index (χ2n) is 7.64. The summed E-state index contributed by atoms with van der Waals surface area (Å²) in [4.78, 5) is 21.8. The Morgan fingerprint density at radius 1 is 1.10 bits per heavy atom. The average molecular weight is 436 g/mol. The molecular formula is C21H33N5O3S. The van der Waals surface area contributed by atoms with Gasteiger partial charge in [-0.15, -0.1) is 0 Å². The van der Waals surface area contributed by atoms with E-state index in [2.05, 4.69) is 16.8 Å². The van der Waals surface area contributed by atoms with Gasteiger partial charge in [0.05, 0.1) is 15.9 Å². The number of likely N-dealkylation sites (N-methyl/N-ethyl adjacent to an activating group) is 1. The van der Waals surface area contributed by atoms with Gasteiger partial charge in [-0.05, 0) is 24.7 Å². The van der Waals surface area contributed by atoms with Gasteiger partial charge in [0, 0.05) is 59.2 Å². The Labute approximate surface area is 179 Å². The maximum absolute atomic E-state index is 12.8. The van der Waals surface area contributed by atoms with E-state index in [-0.39, 0.29) is 10.8 Å². The van der Waals surface area contributed by atoms with E-state index < -0.39 is 10.0 Å². The van der Waals surface area contributed by atoms with Crippen molar-refractivity contribution in [3.05, 3.63) is 24.0 Å². The molecule has 0 bridgehead atoms. The molecule has 166 valence electrons. The highest BCUT2D eigenvalue weighted by atomic mass is 32.2. The molecule has 0 atom stereocenters. The molecule has 1 aromatic carbocycles. The molecule has 3 rings (SSSR count). The van der Waals surface area contributed by atoms with Gasteiger partial charge in [-0.3, -0.25) is 4.79 Å². The third-order valence-electron chi connectivity index (χ3n) is 6.02. The number of imidazole rings is 1. The summed E-state index contributed by atoms with van der Waals surface area (Å²) >= 11 is 0. The summed E-state index contributed by atoms with van der Waals surface area (Å²) in [6, 6.07) is 5.08. The molecule has 0 aliphatic carbocycles. The SMILES string of the molecule is CCN1CCN(C(=O)CCc2nc3cc(S(=O)(=O)N(CC)CC)ccc3n2C)CC1. The third kappa shape index (κ3) is 4.53. The molecule has 0 unspecified atom stereocenters. The van der Waals surface area contributed by atoms with Crippen LogP contribution in [-0.2, 0) is 28.3 Å². The lowest BCUT2D eigenvalue weighted by Gasteiger charge is -2.34. The zero-order valence-corrected chi connectivity index (χ0v) is 19.3. The molecule has 2 heterocycles. The molecule has 9 heteroatoms. The summed E-state index contributed by atoms with van der Waals surface area (Å²) in [6.45, 7) is 11.1. The van der Waals surface area contributed by atoms with Crippen LogP contribution in [-0.4, -0.2) is 83.8 Å². The van der Waals surface area contributed by atoms with Crippen LogP contribution in [0.5, 0.6) is 0 Å². The molecule has 2 aromatic rings. The molecule has 1 fully saturated rings. The molecule has 0 radical (unpaired) electrons. The Morgan fingerprint density at radius 3 is 2.37 bits per heavy atom. The van der Waals surface area contributed by atoms with Crippen LogP contribution in [0.15, 0.2) is 23.1 Å². The quantitative estimate of drug-likeness (QED) is 0.631. The van der Waals surface area contributed by atoms with Crippen molar-refractivity contribution in [3.8, 4) is 0 Å². The minimum absolute atomic E-state index is 0.155. The second-order valence-corrected chi connectivity index (χ2v) is 9.58. The minimum atomic E-state index is -3.52. The lowest BCUT2D eigenvalue weighted by atomic mass is 10.2. The van der Waals surface area contributed by atoms with Crippen molar-refractivity contribution in [2.75, 3.05) is 45.8 Å². The molecule has 0 N–H and O–H groups in total. The summed E-state index contributed by atoms with van der Waals surface area (Å²) in [5.41, 5.74) is 1.51. The van der Waals surface area contributed by atoms with Crippen LogP contribution in [0.1, 0.15) is 33.0 Å². The van der Waals surface area contributed by atoms with E-state index in [1.165, 1.54) is 4.31 Å². The fourth-order valence-electron chi connectivity index (χ4n) is 4.02. The van der Waals surface area contributed by atoms with E-state index in [1.807, 2.05) is 30.4 Å². The predicted octanol–water partition coefficient (Wildman–Crippen LogP) is 1.70. The number of amides is 1. The highest BCUT2D eigenvalue weighted by Gasteiger charge is 2.23. The van der Waals surface area contributed by atoms with Gasteiger partial charge in [-0.2, -0.15) is 4.31 Å². The first-order valence-corrected chi connectivity index (χ1v) is 12.2. The van der Waals surface area contributed by atoms with Gasteiger partial charge < -0.3 is 14.4 Å². The van der Waals surface area contributed by atoms with E-state index in [4.69, 9.17) is 0 Å². The molecule has 1 saturated heterocycles. The number of piperazine rings is 1. The van der Waals surface area contributed by atoms with Gasteiger partial charge in [-0.25, -0.2) is 13.4 Å². The van der Waals surface area contributed by atoms with E-state index in [1.54, 1.807) is 18.2 Å². The minimum Gasteiger partial charge on any atom is -0.340 e. The number of nitrogens with zero attached hydrogens (tertiary/aromatic N) is 5. The molecular weight excluding hydrogens is 402 g/mol. The number of benzene rings is 1. The van der Waals surface area contributed by atoms with E-state index in [0.29, 0.717) is 31.4 Å². The maximum Gasteiger partial charge on any atom is 0.243 e. The van der Waals surface area contributed by atoms with Gasteiger partial charge in [0.15, 0.2) is 0 Å². The number of hydrogen-bond donors (Lipinski definition) is 0. The van der Waals surface area contributed by atoms with Crippen molar-refractivity contribution < 1.29 is 13.2 Å². The van der Waals surface area contributed by atoms with Crippen LogP contribution in [0.3, 0.4) is 0 Å². The smallest absolute Gasteiger partial charge is 0.243 e. The van der Waals surface area contributed by atoms with Gasteiger partial charge in [-0.1, -0.05) is 20.8 Å². The monoisotopic (exact) mass is 435 g/mol. The second kappa shape index (κ2) is 9.45. The Hall–Kier alpha value is -1.97. The van der Waals surface area contributed by atoms with Crippen LogP contribution in [0.25, 0.3) is 11.0 Å². The molecule has 1 aliphatic heterocycles. The van der Waals surface area contributed by atoms with Crippen LogP contribution >= 0.6 is 0 Å². The van der Waals surface area contributed by atoms with Crippen LogP contribution in [0.2, 0.25) is 0 Å². The molecule has 1 aromatic heterocycles. The van der Waals surface area contributed by atoms with E-state index in [0.717, 1.165) is 44.1 Å². The number of aryl methyl sites for hydroxylation is 2. The number of sulfonamides is 1. The Balaban J connectivity index is 1.73. The van der Waals surface area contributed by atoms with Crippen molar-refractivity contribution >= 4 is 27.0 Å². The predicted molar refractivity (Wildman–Crippen MR) is 118 cm³/mol. The Morgan fingerprint density at radius 2 is 1.77 bits per heavy atom. The van der Waals surface area contributed by atoms with Crippen molar-refractivity contribution in [1.29, 1.82) is 0 Å². The zero-order valence-electron chi connectivity index (χ0n) is 18.5. The van der Waals surface area contributed by atoms with E-state index in [9.17, 15) is 13.2 Å². The van der Waals surface area contributed by atoms with Gasteiger partial charge in [0.2, 0.25) is 15.9 Å². The zero-order chi connectivity index (χ0) is 21.9. The average Bonchev–Trinajstić information content (AvgIpc) is 3.07. The first-order chi connectivity index (χ1) is 14.3. The highest BCUT2D eigenvalue weighted by molar-refractivity contribution is 7.89. The summed E-state index contributed by atoms with van der Waals surface area (Å²) in [5.74, 6) is 0.950. The Kier molecular flexibility index (Phi) is 7.15. The molecule has 0 spiro atoms. The molecule has 8 nitrogen and oxygen atoms in total. The number of fused-ring (bicyclic) bond motifs is 1. The standard InChI is InChI=1S/C21H33N5O3S/c1-5-24-12-14-25(15-13-24)21(27)11-10-20-22-18-16-17(8-9-19(18)23(20)4)30(28,29)26(6-2)7-3/h8-9,16H,5-7,10-15H2,1-4H3. The van der Waals surface area contributed by atoms with Crippen LogP contribution in [0.4, 0.5) is 0 Å². The van der Waals surface area contributed by atoms with E-state index >= 15 is 0 Å². The largest absolute Gasteiger partial charge is 0.340 e. The van der Waals surface area contributed by atoms with Crippen molar-refractivity contribution in [2.45, 2.75) is 38.5 Å². The van der Waals surface area contributed by atoms with Gasteiger partial charge >= 0.3 is 0 Å². The van der Waals surface area contributed by atoms with Crippen molar-refractivity contribution in [2.24, 2.45) is 7.05 Å². The lowest BCUT2D eigenvalue weighted by Crippen LogP contribution is -2.48. The lowest BCUT2D eigenvalue weighted by molar-refractivity contribution is -0.132. The van der Waals surface area contributed by atoms with Crippen molar-refractivity contribution in [1.82, 2.24) is 23.7 Å². The van der Waals surface area contributed by atoms with Gasteiger partial charge in [0.25, 0.3) is 0 Å². The third-order valence-corrected chi connectivity index (χ3v) is 8.07. The fourth-order valence-corrected chi connectivity index (χ4v) is 5.50. The topological polar surface area (TPSA) is 78.8 Å². The molecule has 1 amide bonds.